The lowest BCUT2D eigenvalue weighted by molar-refractivity contribution is -0.207. The molecule has 0 fully saturated rings. The molecule has 0 heterocycles. The number of hydrogen-bond donors (Lipinski definition) is 1. The molecule has 1 aromatic rings. The van der Waals surface area contributed by atoms with Gasteiger partial charge < -0.3 is 9.84 Å². The van der Waals surface area contributed by atoms with Crippen LogP contribution in [0.2, 0.25) is 0 Å². The van der Waals surface area contributed by atoms with Gasteiger partial charge in [-0.2, -0.15) is 13.2 Å². The lowest BCUT2D eigenvalue weighted by Gasteiger charge is -2.19. The van der Waals surface area contributed by atoms with E-state index < -0.39 is 12.3 Å². The average Bonchev–Trinajstić information content (AvgIpc) is 2.27. The summed E-state index contributed by atoms with van der Waals surface area (Å²) in [7, 11) is 0. The van der Waals surface area contributed by atoms with Crippen molar-refractivity contribution in [2.75, 3.05) is 6.61 Å². The van der Waals surface area contributed by atoms with Crippen LogP contribution in [0.3, 0.4) is 0 Å². The monoisotopic (exact) mass is 262 g/mol. The van der Waals surface area contributed by atoms with Gasteiger partial charge in [0.05, 0.1) is 6.61 Å². The van der Waals surface area contributed by atoms with Crippen molar-refractivity contribution in [3.05, 3.63) is 28.8 Å². The zero-order valence-corrected chi connectivity index (χ0v) is 10.6. The second kappa shape index (κ2) is 5.61. The summed E-state index contributed by atoms with van der Waals surface area (Å²) in [4.78, 5) is 0. The lowest BCUT2D eigenvalue weighted by atomic mass is 9.99. The highest BCUT2D eigenvalue weighted by Gasteiger charge is 2.40. The van der Waals surface area contributed by atoms with Gasteiger partial charge in [-0.1, -0.05) is 6.92 Å². The van der Waals surface area contributed by atoms with Crippen LogP contribution in [-0.2, 0) is 0 Å². The summed E-state index contributed by atoms with van der Waals surface area (Å²) in [5.74, 6) is 0.562. The molecule has 18 heavy (non-hydrogen) atoms. The Kier molecular flexibility index (Phi) is 4.62. The highest BCUT2D eigenvalue weighted by Crippen LogP contribution is 2.36. The van der Waals surface area contributed by atoms with Crippen LogP contribution in [0.25, 0.3) is 0 Å². The Hall–Kier alpha value is -1.23. The molecule has 0 amide bonds. The molecule has 1 rings (SSSR count). The number of ether oxygens (including phenoxy) is 1. The Morgan fingerprint density at radius 1 is 1.22 bits per heavy atom. The maximum Gasteiger partial charge on any atom is 0.418 e. The molecule has 0 aliphatic rings. The van der Waals surface area contributed by atoms with Crippen molar-refractivity contribution < 1.29 is 23.0 Å². The van der Waals surface area contributed by atoms with Crippen molar-refractivity contribution in [2.45, 2.75) is 39.5 Å². The summed E-state index contributed by atoms with van der Waals surface area (Å²) in [6, 6.07) is 2.87. The van der Waals surface area contributed by atoms with E-state index in [9.17, 15) is 18.3 Å². The molecule has 5 heteroatoms. The van der Waals surface area contributed by atoms with Crippen LogP contribution < -0.4 is 4.74 Å². The molecule has 0 radical (unpaired) electrons. The summed E-state index contributed by atoms with van der Waals surface area (Å²) < 4.78 is 42.8. The van der Waals surface area contributed by atoms with Crippen LogP contribution in [0.4, 0.5) is 13.2 Å². The fraction of sp³-hybridized carbons (Fsp3) is 0.538. The standard InChI is InChI=1S/C13H17F3O2/c1-4-5-18-11-7-8(2)10(6-9(11)3)12(17)13(14,15)16/h6-7,12,17H,4-5H2,1-3H3. The SMILES string of the molecule is CCCOc1cc(C)c(C(O)C(F)(F)F)cc1C. The van der Waals surface area contributed by atoms with E-state index >= 15 is 0 Å². The molecule has 1 aromatic carbocycles. The van der Waals surface area contributed by atoms with Crippen LogP contribution in [0, 0.1) is 13.8 Å². The molecule has 102 valence electrons. The predicted molar refractivity (Wildman–Crippen MR) is 62.7 cm³/mol. The molecule has 0 saturated heterocycles. The molecule has 1 atom stereocenters. The van der Waals surface area contributed by atoms with Gasteiger partial charge in [-0.25, -0.2) is 0 Å². The van der Waals surface area contributed by atoms with E-state index in [0.29, 0.717) is 23.5 Å². The van der Waals surface area contributed by atoms with E-state index in [4.69, 9.17) is 4.74 Å². The summed E-state index contributed by atoms with van der Waals surface area (Å²) in [5, 5.41) is 9.26. The van der Waals surface area contributed by atoms with Gasteiger partial charge in [0, 0.05) is 0 Å². The molecular formula is C13H17F3O2. The zero-order chi connectivity index (χ0) is 13.9. The summed E-state index contributed by atoms with van der Waals surface area (Å²) in [5.41, 5.74) is 0.840. The second-order valence-electron chi connectivity index (χ2n) is 4.27. The van der Waals surface area contributed by atoms with E-state index in [1.165, 1.54) is 19.1 Å². The van der Waals surface area contributed by atoms with Gasteiger partial charge in [0.1, 0.15) is 5.75 Å². The molecule has 1 N–H and O–H groups in total. The predicted octanol–water partition coefficient (Wildman–Crippen LogP) is 3.69. The first kappa shape index (κ1) is 14.8. The molecule has 0 aliphatic carbocycles. The Morgan fingerprint density at radius 2 is 1.83 bits per heavy atom. The first-order chi connectivity index (χ1) is 8.27. The molecule has 2 nitrogen and oxygen atoms in total. The topological polar surface area (TPSA) is 29.5 Å². The number of benzene rings is 1. The highest BCUT2D eigenvalue weighted by molar-refractivity contribution is 5.42. The van der Waals surface area contributed by atoms with Gasteiger partial charge in [0.15, 0.2) is 6.10 Å². The van der Waals surface area contributed by atoms with E-state index in [0.717, 1.165) is 6.42 Å². The number of alkyl halides is 3. The smallest absolute Gasteiger partial charge is 0.418 e. The van der Waals surface area contributed by atoms with Gasteiger partial charge in [0.2, 0.25) is 0 Å². The van der Waals surface area contributed by atoms with Crippen LogP contribution in [0.1, 0.15) is 36.1 Å². The Labute approximate surface area is 104 Å². The average molecular weight is 262 g/mol. The molecule has 0 aliphatic heterocycles. The Bertz CT molecular complexity index is 413. The second-order valence-corrected chi connectivity index (χ2v) is 4.27. The van der Waals surface area contributed by atoms with Crippen molar-refractivity contribution in [1.82, 2.24) is 0 Å². The third kappa shape index (κ3) is 3.38. The van der Waals surface area contributed by atoms with Crippen LogP contribution in [0.5, 0.6) is 5.75 Å². The number of hydrogen-bond acceptors (Lipinski definition) is 2. The molecule has 1 unspecified atom stereocenters. The summed E-state index contributed by atoms with van der Waals surface area (Å²) >= 11 is 0. The number of rotatable bonds is 4. The normalized spacial score (nSPS) is 13.5. The zero-order valence-electron chi connectivity index (χ0n) is 10.6. The van der Waals surface area contributed by atoms with Crippen LogP contribution >= 0.6 is 0 Å². The van der Waals surface area contributed by atoms with Crippen molar-refractivity contribution in [3.8, 4) is 5.75 Å². The largest absolute Gasteiger partial charge is 0.493 e. The van der Waals surface area contributed by atoms with Crippen molar-refractivity contribution in [1.29, 1.82) is 0 Å². The van der Waals surface area contributed by atoms with Gasteiger partial charge >= 0.3 is 6.18 Å². The molecule has 0 spiro atoms. The minimum Gasteiger partial charge on any atom is -0.493 e. The van der Waals surface area contributed by atoms with Crippen LogP contribution in [-0.4, -0.2) is 17.9 Å². The maximum atomic E-state index is 12.5. The van der Waals surface area contributed by atoms with Crippen LogP contribution in [0.15, 0.2) is 12.1 Å². The Balaban J connectivity index is 3.07. The van der Waals surface area contributed by atoms with E-state index in [-0.39, 0.29) is 5.56 Å². The molecule has 0 saturated carbocycles. The Morgan fingerprint density at radius 3 is 2.33 bits per heavy atom. The van der Waals surface area contributed by atoms with Gasteiger partial charge in [0.25, 0.3) is 0 Å². The van der Waals surface area contributed by atoms with Gasteiger partial charge in [-0.05, 0) is 49.1 Å². The number of aliphatic hydroxyl groups excluding tert-OH is 1. The fourth-order valence-electron chi connectivity index (χ4n) is 1.65. The highest BCUT2D eigenvalue weighted by atomic mass is 19.4. The van der Waals surface area contributed by atoms with Crippen molar-refractivity contribution in [3.63, 3.8) is 0 Å². The van der Waals surface area contributed by atoms with Crippen molar-refractivity contribution >= 4 is 0 Å². The van der Waals surface area contributed by atoms with E-state index in [2.05, 4.69) is 0 Å². The third-order valence-electron chi connectivity index (χ3n) is 2.63. The van der Waals surface area contributed by atoms with E-state index in [1.807, 2.05) is 6.92 Å². The number of aryl methyl sites for hydroxylation is 2. The van der Waals surface area contributed by atoms with Crippen molar-refractivity contribution in [2.24, 2.45) is 0 Å². The lowest BCUT2D eigenvalue weighted by Crippen LogP contribution is -2.21. The summed E-state index contributed by atoms with van der Waals surface area (Å²) in [6.07, 6.45) is -6.27. The van der Waals surface area contributed by atoms with Gasteiger partial charge in [-0.3, -0.25) is 0 Å². The molecule has 0 bridgehead atoms. The quantitative estimate of drug-likeness (QED) is 0.896. The first-order valence-electron chi connectivity index (χ1n) is 5.76. The minimum atomic E-state index is -4.65. The number of aliphatic hydroxyl groups is 1. The molecular weight excluding hydrogens is 245 g/mol. The molecule has 0 aromatic heterocycles. The maximum absolute atomic E-state index is 12.5. The summed E-state index contributed by atoms with van der Waals surface area (Å²) in [6.45, 7) is 5.66. The minimum absolute atomic E-state index is 0.121. The third-order valence-corrected chi connectivity index (χ3v) is 2.63. The first-order valence-corrected chi connectivity index (χ1v) is 5.76. The fourth-order valence-corrected chi connectivity index (χ4v) is 1.65. The van der Waals surface area contributed by atoms with E-state index in [1.54, 1.807) is 6.92 Å². The van der Waals surface area contributed by atoms with Gasteiger partial charge in [-0.15, -0.1) is 0 Å². The number of halogens is 3.